The first-order valence-corrected chi connectivity index (χ1v) is 12.2. The molecule has 0 heterocycles. The minimum atomic E-state index is -4.27. The molecule has 7 heteroatoms. The predicted molar refractivity (Wildman–Crippen MR) is 109 cm³/mol. The van der Waals surface area contributed by atoms with Crippen LogP contribution >= 0.6 is 17.5 Å². The first-order valence-electron chi connectivity index (χ1n) is 7.24. The van der Waals surface area contributed by atoms with E-state index >= 15 is 0 Å². The van der Waals surface area contributed by atoms with E-state index in [1.165, 1.54) is 6.07 Å². The Morgan fingerprint density at radius 3 is 1.54 bits per heavy atom. The zero-order valence-electron chi connectivity index (χ0n) is 13.9. The third-order valence-electron chi connectivity index (χ3n) is 3.56. The van der Waals surface area contributed by atoms with Gasteiger partial charge in [-0.15, -0.1) is 0 Å². The summed E-state index contributed by atoms with van der Waals surface area (Å²) in [5, 5.41) is 2.80. The molecule has 3 rings (SSSR count). The van der Waals surface area contributed by atoms with Gasteiger partial charge in [0.2, 0.25) is 0 Å². The number of halogens is 1. The van der Waals surface area contributed by atoms with E-state index in [0.717, 1.165) is 10.6 Å². The quantitative estimate of drug-likeness (QED) is 0.258. The van der Waals surface area contributed by atoms with Crippen LogP contribution in [0, 0.1) is 7.43 Å². The fourth-order valence-corrected chi connectivity index (χ4v) is 6.47. The SMILES string of the molecule is O=S(=O)(O)c1ccccc1[PH+](c1ccccc1)c1ccccc1.[CH3-].[Cl][Pd+]. The molecule has 0 amide bonds. The molecule has 0 aliphatic carbocycles. The summed E-state index contributed by atoms with van der Waals surface area (Å²) in [6, 6.07) is 26.3. The molecule has 0 radical (unpaired) electrons. The Kier molecular flexibility index (Phi) is 9.68. The summed E-state index contributed by atoms with van der Waals surface area (Å²) in [6.07, 6.45) is 0. The molecular formula is C19H19ClO3PPdS+. The summed E-state index contributed by atoms with van der Waals surface area (Å²) in [7, 11) is -1.31. The molecule has 0 unspecified atom stereocenters. The van der Waals surface area contributed by atoms with Crippen molar-refractivity contribution in [2.75, 3.05) is 0 Å². The van der Waals surface area contributed by atoms with Gasteiger partial charge in [0, 0.05) is 0 Å². The van der Waals surface area contributed by atoms with E-state index in [1.807, 2.05) is 60.7 Å². The molecule has 0 aliphatic heterocycles. The van der Waals surface area contributed by atoms with Crippen LogP contribution in [0.25, 0.3) is 0 Å². The van der Waals surface area contributed by atoms with Crippen LogP contribution in [0.15, 0.2) is 89.8 Å². The van der Waals surface area contributed by atoms with Crippen molar-refractivity contribution in [2.24, 2.45) is 0 Å². The van der Waals surface area contributed by atoms with Gasteiger partial charge in [0.15, 0.2) is 0 Å². The second-order valence-electron chi connectivity index (χ2n) is 5.08. The van der Waals surface area contributed by atoms with E-state index in [9.17, 15) is 13.0 Å². The van der Waals surface area contributed by atoms with Crippen molar-refractivity contribution >= 4 is 43.5 Å². The molecule has 3 aromatic rings. The maximum absolute atomic E-state index is 11.8. The van der Waals surface area contributed by atoms with Crippen LogP contribution in [0.3, 0.4) is 0 Å². The van der Waals surface area contributed by atoms with Crippen molar-refractivity contribution in [3.8, 4) is 0 Å². The molecule has 0 spiro atoms. The monoisotopic (exact) mass is 499 g/mol. The molecule has 0 saturated carbocycles. The second kappa shape index (κ2) is 10.9. The molecule has 140 valence electrons. The average molecular weight is 500 g/mol. The zero-order chi connectivity index (χ0) is 18.3. The molecule has 0 atom stereocenters. The Morgan fingerprint density at radius 2 is 1.12 bits per heavy atom. The van der Waals surface area contributed by atoms with Crippen molar-refractivity contribution in [1.82, 2.24) is 0 Å². The van der Waals surface area contributed by atoms with E-state index < -0.39 is 18.0 Å². The second-order valence-corrected chi connectivity index (χ2v) is 8.91. The van der Waals surface area contributed by atoms with Crippen LogP contribution in [0.5, 0.6) is 0 Å². The zero-order valence-corrected chi connectivity index (χ0v) is 18.1. The van der Waals surface area contributed by atoms with Crippen molar-refractivity contribution in [1.29, 1.82) is 0 Å². The third kappa shape index (κ3) is 5.73. The van der Waals surface area contributed by atoms with Crippen molar-refractivity contribution < 1.29 is 31.2 Å². The van der Waals surface area contributed by atoms with Gasteiger partial charge in [-0.25, -0.2) is 0 Å². The normalized spacial score (nSPS) is 10.5. The van der Waals surface area contributed by atoms with Crippen LogP contribution in [0.4, 0.5) is 0 Å². The Balaban J connectivity index is 0.00000109. The van der Waals surface area contributed by atoms with Crippen LogP contribution in [0.1, 0.15) is 0 Å². The van der Waals surface area contributed by atoms with Gasteiger partial charge < -0.3 is 7.43 Å². The molecule has 0 fully saturated rings. The topological polar surface area (TPSA) is 54.4 Å². The summed E-state index contributed by atoms with van der Waals surface area (Å²) in [5.41, 5.74) is 0. The molecule has 3 nitrogen and oxygen atoms in total. The molecule has 0 bridgehead atoms. The third-order valence-corrected chi connectivity index (χ3v) is 7.45. The van der Waals surface area contributed by atoms with E-state index in [0.29, 0.717) is 5.30 Å². The molecule has 0 saturated heterocycles. The number of rotatable bonds is 4. The van der Waals surface area contributed by atoms with Gasteiger partial charge in [0.1, 0.15) is 28.7 Å². The molecule has 3 aromatic carbocycles. The van der Waals surface area contributed by atoms with Crippen LogP contribution in [-0.2, 0) is 28.3 Å². The molecular weight excluding hydrogens is 481 g/mol. The van der Waals surface area contributed by atoms with E-state index in [2.05, 4.69) is 27.7 Å². The minimum absolute atomic E-state index is 0. The number of hydrogen-bond donors (Lipinski definition) is 1. The van der Waals surface area contributed by atoms with Gasteiger partial charge in [0.25, 0.3) is 10.1 Å². The summed E-state index contributed by atoms with van der Waals surface area (Å²) in [5.74, 6) is 0. The Hall–Kier alpha value is -1.05. The summed E-state index contributed by atoms with van der Waals surface area (Å²) in [6.45, 7) is 0. The summed E-state index contributed by atoms with van der Waals surface area (Å²) < 4.78 is 33.2. The molecule has 26 heavy (non-hydrogen) atoms. The molecule has 1 N–H and O–H groups in total. The number of benzene rings is 3. The van der Waals surface area contributed by atoms with Crippen molar-refractivity contribution in [3.63, 3.8) is 0 Å². The summed E-state index contributed by atoms with van der Waals surface area (Å²) in [4.78, 5) is -0.0124. The predicted octanol–water partition coefficient (Wildman–Crippen LogP) is 3.56. The van der Waals surface area contributed by atoms with Gasteiger partial charge in [-0.2, -0.15) is 8.42 Å². The van der Waals surface area contributed by atoms with E-state index in [-0.39, 0.29) is 12.3 Å². The fourth-order valence-electron chi connectivity index (χ4n) is 2.59. The average Bonchev–Trinajstić information content (AvgIpc) is 2.65. The Morgan fingerprint density at radius 1 is 0.731 bits per heavy atom. The van der Waals surface area contributed by atoms with Crippen LogP contribution in [-0.4, -0.2) is 13.0 Å². The van der Waals surface area contributed by atoms with Crippen molar-refractivity contribution in [2.45, 2.75) is 4.90 Å². The summed E-state index contributed by atoms with van der Waals surface area (Å²) >= 11 is 2.22. The van der Waals surface area contributed by atoms with E-state index in [4.69, 9.17) is 0 Å². The molecule has 0 aromatic heterocycles. The van der Waals surface area contributed by atoms with E-state index in [1.54, 1.807) is 18.2 Å². The van der Waals surface area contributed by atoms with Crippen LogP contribution < -0.4 is 15.9 Å². The van der Waals surface area contributed by atoms with Gasteiger partial charge >= 0.3 is 27.7 Å². The van der Waals surface area contributed by atoms with Crippen LogP contribution in [0.2, 0.25) is 0 Å². The fraction of sp³-hybridized carbons (Fsp3) is 0. The van der Waals surface area contributed by atoms with Gasteiger partial charge in [-0.05, 0) is 36.4 Å². The van der Waals surface area contributed by atoms with Gasteiger partial charge in [-0.3, -0.25) is 4.55 Å². The standard InChI is InChI=1S/C18H15O3PS.CH3.ClH.Pd/c19-23(20,21)18-14-8-7-13-17(18)22(15-9-3-1-4-10-15)16-11-5-2-6-12-16;;;/h1-14H,(H,19,20,21);1H3;1H;/q;-1;;+2. The van der Waals surface area contributed by atoms with Gasteiger partial charge in [0.05, 0.1) is 0 Å². The van der Waals surface area contributed by atoms with Crippen molar-refractivity contribution in [3.05, 3.63) is 92.4 Å². The first-order chi connectivity index (χ1) is 12.1. The van der Waals surface area contributed by atoms with Gasteiger partial charge in [-0.1, -0.05) is 48.5 Å². The Labute approximate surface area is 171 Å². The molecule has 0 aliphatic rings. The maximum atomic E-state index is 11.8. The Bertz CT molecular complexity index is 867. The first kappa shape index (κ1) is 23.0. The number of hydrogen-bond acceptors (Lipinski definition) is 2.